The predicted molar refractivity (Wildman–Crippen MR) is 82.5 cm³/mol. The predicted octanol–water partition coefficient (Wildman–Crippen LogP) is 1.69. The standard InChI is InChI=1S/C14H24N4O.ClH/c1-10(2)13-8-12(17-18(13)3)14(19)16-7-5-11-4-6-15-9-11;/h8,10-11,15H,4-7,9H2,1-3H3,(H,16,19);1H. The average molecular weight is 301 g/mol. The maximum atomic E-state index is 12.0. The number of nitrogens with one attached hydrogen (secondary N) is 2. The molecule has 2 rings (SSSR count). The van der Waals surface area contributed by atoms with E-state index in [1.54, 1.807) is 4.68 Å². The van der Waals surface area contributed by atoms with Gasteiger partial charge in [0.25, 0.3) is 5.91 Å². The summed E-state index contributed by atoms with van der Waals surface area (Å²) in [5, 5.41) is 10.6. The lowest BCUT2D eigenvalue weighted by Crippen LogP contribution is -2.26. The monoisotopic (exact) mass is 300 g/mol. The Labute approximate surface area is 126 Å². The molecule has 0 aliphatic carbocycles. The van der Waals surface area contributed by atoms with E-state index in [9.17, 15) is 4.79 Å². The Kier molecular flexibility index (Phi) is 6.49. The number of carbonyl (C=O) groups is 1. The van der Waals surface area contributed by atoms with E-state index >= 15 is 0 Å². The van der Waals surface area contributed by atoms with E-state index in [2.05, 4.69) is 29.6 Å². The molecule has 1 unspecified atom stereocenters. The number of rotatable bonds is 5. The average Bonchev–Trinajstić information content (AvgIpc) is 2.98. The molecule has 0 aromatic carbocycles. The van der Waals surface area contributed by atoms with Gasteiger partial charge >= 0.3 is 0 Å². The van der Waals surface area contributed by atoms with Gasteiger partial charge in [0.2, 0.25) is 0 Å². The van der Waals surface area contributed by atoms with E-state index in [4.69, 9.17) is 0 Å². The first-order valence-electron chi connectivity index (χ1n) is 7.10. The zero-order valence-electron chi connectivity index (χ0n) is 12.5. The summed E-state index contributed by atoms with van der Waals surface area (Å²) >= 11 is 0. The Morgan fingerprint density at radius 1 is 1.60 bits per heavy atom. The molecule has 1 aromatic rings. The first-order chi connectivity index (χ1) is 9.08. The third-order valence-corrected chi connectivity index (χ3v) is 3.74. The van der Waals surface area contributed by atoms with E-state index in [0.29, 0.717) is 17.5 Å². The molecular weight excluding hydrogens is 276 g/mol. The molecule has 114 valence electrons. The van der Waals surface area contributed by atoms with Crippen LogP contribution in [0.5, 0.6) is 0 Å². The van der Waals surface area contributed by atoms with E-state index in [0.717, 1.165) is 31.7 Å². The maximum absolute atomic E-state index is 12.0. The van der Waals surface area contributed by atoms with Gasteiger partial charge in [-0.3, -0.25) is 9.48 Å². The Balaban J connectivity index is 0.00000200. The Morgan fingerprint density at radius 2 is 2.35 bits per heavy atom. The van der Waals surface area contributed by atoms with Gasteiger partial charge in [-0.15, -0.1) is 12.4 Å². The third-order valence-electron chi connectivity index (χ3n) is 3.74. The lowest BCUT2D eigenvalue weighted by Gasteiger charge is -2.08. The molecule has 20 heavy (non-hydrogen) atoms. The summed E-state index contributed by atoms with van der Waals surface area (Å²) in [6.07, 6.45) is 2.26. The molecule has 1 fully saturated rings. The van der Waals surface area contributed by atoms with Crippen molar-refractivity contribution in [2.24, 2.45) is 13.0 Å². The molecule has 0 saturated carbocycles. The summed E-state index contributed by atoms with van der Waals surface area (Å²) in [5.41, 5.74) is 1.61. The van der Waals surface area contributed by atoms with Gasteiger partial charge in [-0.1, -0.05) is 13.8 Å². The highest BCUT2D eigenvalue weighted by molar-refractivity contribution is 5.92. The van der Waals surface area contributed by atoms with E-state index < -0.39 is 0 Å². The van der Waals surface area contributed by atoms with Gasteiger partial charge in [-0.05, 0) is 43.8 Å². The molecule has 0 bridgehead atoms. The van der Waals surface area contributed by atoms with Crippen molar-refractivity contribution in [3.8, 4) is 0 Å². The summed E-state index contributed by atoms with van der Waals surface area (Å²) < 4.78 is 1.79. The van der Waals surface area contributed by atoms with Gasteiger partial charge in [-0.2, -0.15) is 5.10 Å². The number of halogens is 1. The van der Waals surface area contributed by atoms with Crippen molar-refractivity contribution in [1.29, 1.82) is 0 Å². The van der Waals surface area contributed by atoms with Crippen molar-refractivity contribution in [2.75, 3.05) is 19.6 Å². The molecule has 1 atom stereocenters. The van der Waals surface area contributed by atoms with E-state index in [1.165, 1.54) is 6.42 Å². The molecule has 0 radical (unpaired) electrons. The summed E-state index contributed by atoms with van der Waals surface area (Å²) in [7, 11) is 1.89. The molecule has 0 spiro atoms. The number of carbonyl (C=O) groups excluding carboxylic acids is 1. The fraction of sp³-hybridized carbons (Fsp3) is 0.714. The van der Waals surface area contributed by atoms with Gasteiger partial charge in [0.15, 0.2) is 0 Å². The summed E-state index contributed by atoms with van der Waals surface area (Å²) in [5.74, 6) is 1.02. The molecule has 2 N–H and O–H groups in total. The molecule has 6 heteroatoms. The van der Waals surface area contributed by atoms with Crippen LogP contribution < -0.4 is 10.6 Å². The van der Waals surface area contributed by atoms with Crippen LogP contribution in [0.3, 0.4) is 0 Å². The third kappa shape index (κ3) is 4.21. The topological polar surface area (TPSA) is 59.0 Å². The van der Waals surface area contributed by atoms with Crippen molar-refractivity contribution in [3.05, 3.63) is 17.5 Å². The summed E-state index contributed by atoms with van der Waals surface area (Å²) in [6, 6.07) is 1.89. The second kappa shape index (κ2) is 7.64. The molecule has 1 amide bonds. The van der Waals surface area contributed by atoms with Gasteiger partial charge < -0.3 is 10.6 Å². The van der Waals surface area contributed by atoms with Crippen LogP contribution in [0.1, 0.15) is 48.8 Å². The Hall–Kier alpha value is -1.07. The smallest absolute Gasteiger partial charge is 0.271 e. The number of aromatic nitrogens is 2. The fourth-order valence-corrected chi connectivity index (χ4v) is 2.57. The van der Waals surface area contributed by atoms with Gasteiger partial charge in [0, 0.05) is 19.3 Å². The molecule has 1 saturated heterocycles. The zero-order valence-corrected chi connectivity index (χ0v) is 13.3. The highest BCUT2D eigenvalue weighted by atomic mass is 35.5. The molecule has 2 heterocycles. The van der Waals surface area contributed by atoms with Crippen molar-refractivity contribution >= 4 is 18.3 Å². The maximum Gasteiger partial charge on any atom is 0.271 e. The number of amides is 1. The summed E-state index contributed by atoms with van der Waals surface area (Å²) in [4.78, 5) is 12.0. The van der Waals surface area contributed by atoms with Crippen molar-refractivity contribution in [1.82, 2.24) is 20.4 Å². The minimum absolute atomic E-state index is 0. The summed E-state index contributed by atoms with van der Waals surface area (Å²) in [6.45, 7) is 7.13. The highest BCUT2D eigenvalue weighted by Crippen LogP contribution is 2.15. The minimum Gasteiger partial charge on any atom is -0.351 e. The van der Waals surface area contributed by atoms with Crippen molar-refractivity contribution in [2.45, 2.75) is 32.6 Å². The fourth-order valence-electron chi connectivity index (χ4n) is 2.57. The lowest BCUT2D eigenvalue weighted by atomic mass is 10.1. The van der Waals surface area contributed by atoms with Crippen LogP contribution >= 0.6 is 12.4 Å². The van der Waals surface area contributed by atoms with Gasteiger partial charge in [0.05, 0.1) is 0 Å². The van der Waals surface area contributed by atoms with Crippen LogP contribution in [0.2, 0.25) is 0 Å². The van der Waals surface area contributed by atoms with Crippen LogP contribution in [-0.2, 0) is 7.05 Å². The molecule has 5 nitrogen and oxygen atoms in total. The van der Waals surface area contributed by atoms with Crippen LogP contribution in [-0.4, -0.2) is 35.3 Å². The quantitative estimate of drug-likeness (QED) is 0.870. The van der Waals surface area contributed by atoms with Crippen molar-refractivity contribution in [3.63, 3.8) is 0 Å². The van der Waals surface area contributed by atoms with Crippen LogP contribution in [0, 0.1) is 5.92 Å². The molecule has 1 aliphatic rings. The number of hydrogen-bond donors (Lipinski definition) is 2. The Morgan fingerprint density at radius 3 is 2.90 bits per heavy atom. The number of aryl methyl sites for hydroxylation is 1. The number of nitrogens with zero attached hydrogens (tertiary/aromatic N) is 2. The second-order valence-electron chi connectivity index (χ2n) is 5.64. The van der Waals surface area contributed by atoms with Crippen molar-refractivity contribution < 1.29 is 4.79 Å². The SMILES string of the molecule is CC(C)c1cc(C(=O)NCCC2CCNC2)nn1C.Cl. The first-order valence-corrected chi connectivity index (χ1v) is 7.10. The lowest BCUT2D eigenvalue weighted by molar-refractivity contribution is 0.0946. The normalized spacial score (nSPS) is 18.1. The Bertz CT molecular complexity index is 438. The zero-order chi connectivity index (χ0) is 13.8. The van der Waals surface area contributed by atoms with Crippen LogP contribution in [0.15, 0.2) is 6.07 Å². The van der Waals surface area contributed by atoms with Crippen LogP contribution in [0.25, 0.3) is 0 Å². The molecule has 1 aromatic heterocycles. The molecule has 1 aliphatic heterocycles. The van der Waals surface area contributed by atoms with Crippen LogP contribution in [0.4, 0.5) is 0 Å². The van der Waals surface area contributed by atoms with Gasteiger partial charge in [0.1, 0.15) is 5.69 Å². The second-order valence-corrected chi connectivity index (χ2v) is 5.64. The van der Waals surface area contributed by atoms with Gasteiger partial charge in [-0.25, -0.2) is 0 Å². The van der Waals surface area contributed by atoms with E-state index in [-0.39, 0.29) is 18.3 Å². The first kappa shape index (κ1) is 17.0. The molecular formula is C14H25ClN4O. The highest BCUT2D eigenvalue weighted by Gasteiger charge is 2.16. The van der Waals surface area contributed by atoms with E-state index in [1.807, 2.05) is 13.1 Å². The number of hydrogen-bond acceptors (Lipinski definition) is 3. The largest absolute Gasteiger partial charge is 0.351 e. The minimum atomic E-state index is -0.0616.